The molecule has 1 aromatic rings. The van der Waals surface area contributed by atoms with Gasteiger partial charge in [0.05, 0.1) is 16.7 Å². The van der Waals surface area contributed by atoms with Gasteiger partial charge in [-0.05, 0) is 26.7 Å². The van der Waals surface area contributed by atoms with Crippen LogP contribution in [0.15, 0.2) is 10.6 Å². The first-order valence-corrected chi connectivity index (χ1v) is 8.04. The lowest BCUT2D eigenvalue weighted by atomic mass is 9.95. The van der Waals surface area contributed by atoms with Crippen molar-refractivity contribution >= 4 is 17.7 Å². The number of thioether (sulfide) groups is 1. The van der Waals surface area contributed by atoms with Gasteiger partial charge >= 0.3 is 0 Å². The molecule has 1 amide bonds. The molecule has 1 heterocycles. The van der Waals surface area contributed by atoms with Gasteiger partial charge < -0.3 is 9.84 Å². The van der Waals surface area contributed by atoms with Gasteiger partial charge in [0.25, 0.3) is 0 Å². The Bertz CT molecular complexity index is 413. The number of hydrogen-bond acceptors (Lipinski definition) is 4. The van der Waals surface area contributed by atoms with E-state index in [4.69, 9.17) is 4.52 Å². The van der Waals surface area contributed by atoms with Crippen molar-refractivity contribution in [2.24, 2.45) is 0 Å². The maximum atomic E-state index is 12.1. The molecule has 106 valence electrons. The smallest absolute Gasteiger partial charge is 0.233 e. The first kappa shape index (κ1) is 14.4. The van der Waals surface area contributed by atoms with Crippen LogP contribution in [0.25, 0.3) is 0 Å². The third-order valence-electron chi connectivity index (χ3n) is 3.47. The number of aromatic nitrogens is 1. The number of nitrogens with zero attached hydrogens (tertiary/aromatic N) is 1. The standard InChI is InChI=1S/C14H22N2O2S/c1-10-8-13(18-16-10)9-19-11(2)14(17)15-12-6-4-3-5-7-12/h8,11-12H,3-7,9H2,1-2H3,(H,15,17). The second kappa shape index (κ2) is 6.98. The molecule has 4 nitrogen and oxygen atoms in total. The van der Waals surface area contributed by atoms with E-state index in [1.165, 1.54) is 19.3 Å². The summed E-state index contributed by atoms with van der Waals surface area (Å²) >= 11 is 1.59. The van der Waals surface area contributed by atoms with E-state index in [1.807, 2.05) is 19.9 Å². The Balaban J connectivity index is 1.72. The van der Waals surface area contributed by atoms with E-state index in [9.17, 15) is 4.79 Å². The quantitative estimate of drug-likeness (QED) is 0.902. The molecule has 1 aliphatic rings. The Morgan fingerprint density at radius 2 is 2.26 bits per heavy atom. The molecule has 0 aliphatic heterocycles. The van der Waals surface area contributed by atoms with E-state index in [0.29, 0.717) is 11.8 Å². The zero-order valence-electron chi connectivity index (χ0n) is 11.6. The Morgan fingerprint density at radius 3 is 2.89 bits per heavy atom. The van der Waals surface area contributed by atoms with Crippen LogP contribution in [0, 0.1) is 6.92 Å². The van der Waals surface area contributed by atoms with Gasteiger partial charge in [-0.2, -0.15) is 0 Å². The number of carbonyl (C=O) groups is 1. The summed E-state index contributed by atoms with van der Waals surface area (Å²) in [7, 11) is 0. The molecule has 1 aromatic heterocycles. The second-order valence-electron chi connectivity index (χ2n) is 5.23. The van der Waals surface area contributed by atoms with Gasteiger partial charge in [-0.1, -0.05) is 24.4 Å². The lowest BCUT2D eigenvalue weighted by Gasteiger charge is -2.24. The average molecular weight is 282 g/mol. The minimum absolute atomic E-state index is 0.0488. The van der Waals surface area contributed by atoms with Crippen molar-refractivity contribution in [3.05, 3.63) is 17.5 Å². The summed E-state index contributed by atoms with van der Waals surface area (Å²) in [5.74, 6) is 1.67. The molecular weight excluding hydrogens is 260 g/mol. The van der Waals surface area contributed by atoms with E-state index in [0.717, 1.165) is 24.3 Å². The Labute approximate surface area is 118 Å². The van der Waals surface area contributed by atoms with Crippen LogP contribution in [0.5, 0.6) is 0 Å². The molecule has 0 aromatic carbocycles. The third-order valence-corrected chi connectivity index (χ3v) is 4.64. The topological polar surface area (TPSA) is 55.1 Å². The molecule has 0 spiro atoms. The number of hydrogen-bond donors (Lipinski definition) is 1. The van der Waals surface area contributed by atoms with Crippen molar-refractivity contribution < 1.29 is 9.32 Å². The molecule has 19 heavy (non-hydrogen) atoms. The Hall–Kier alpha value is -0.970. The number of amides is 1. The first-order valence-electron chi connectivity index (χ1n) is 6.99. The number of rotatable bonds is 5. The molecule has 1 unspecified atom stereocenters. The van der Waals surface area contributed by atoms with Crippen LogP contribution >= 0.6 is 11.8 Å². The molecule has 1 atom stereocenters. The van der Waals surface area contributed by atoms with Crippen molar-refractivity contribution in [1.29, 1.82) is 0 Å². The Morgan fingerprint density at radius 1 is 1.53 bits per heavy atom. The Kier molecular flexibility index (Phi) is 5.31. The summed E-state index contributed by atoms with van der Waals surface area (Å²) in [5.41, 5.74) is 0.884. The van der Waals surface area contributed by atoms with E-state index in [-0.39, 0.29) is 11.2 Å². The third kappa shape index (κ3) is 4.56. The van der Waals surface area contributed by atoms with E-state index in [2.05, 4.69) is 10.5 Å². The highest BCUT2D eigenvalue weighted by Gasteiger charge is 2.20. The minimum atomic E-state index is -0.0488. The van der Waals surface area contributed by atoms with Crippen LogP contribution in [0.1, 0.15) is 50.5 Å². The minimum Gasteiger partial charge on any atom is -0.360 e. The van der Waals surface area contributed by atoms with Crippen LogP contribution < -0.4 is 5.32 Å². The molecule has 0 saturated heterocycles. The van der Waals surface area contributed by atoms with Gasteiger partial charge in [0.2, 0.25) is 5.91 Å². The maximum Gasteiger partial charge on any atom is 0.233 e. The highest BCUT2D eigenvalue weighted by Crippen LogP contribution is 2.21. The van der Waals surface area contributed by atoms with Gasteiger partial charge in [-0.15, -0.1) is 11.8 Å². The summed E-state index contributed by atoms with van der Waals surface area (Å²) in [6.07, 6.45) is 6.05. The predicted octanol–water partition coefficient (Wildman–Crippen LogP) is 3.05. The molecule has 1 N–H and O–H groups in total. The van der Waals surface area contributed by atoms with E-state index >= 15 is 0 Å². The largest absolute Gasteiger partial charge is 0.360 e. The van der Waals surface area contributed by atoms with Gasteiger partial charge in [0, 0.05) is 12.1 Å². The van der Waals surface area contributed by atoms with Gasteiger partial charge in [0.15, 0.2) is 0 Å². The second-order valence-corrected chi connectivity index (χ2v) is 6.56. The van der Waals surface area contributed by atoms with Gasteiger partial charge in [-0.3, -0.25) is 4.79 Å². The van der Waals surface area contributed by atoms with Crippen molar-refractivity contribution in [3.8, 4) is 0 Å². The zero-order chi connectivity index (χ0) is 13.7. The summed E-state index contributed by atoms with van der Waals surface area (Å²) in [6.45, 7) is 3.85. The van der Waals surface area contributed by atoms with Crippen molar-refractivity contribution in [2.75, 3.05) is 0 Å². The summed E-state index contributed by atoms with van der Waals surface area (Å²) < 4.78 is 5.14. The highest BCUT2D eigenvalue weighted by atomic mass is 32.2. The number of aryl methyl sites for hydroxylation is 1. The van der Waals surface area contributed by atoms with Crippen LogP contribution in [-0.4, -0.2) is 22.4 Å². The molecule has 5 heteroatoms. The summed E-state index contributed by atoms with van der Waals surface area (Å²) in [6, 6.07) is 2.30. The lowest BCUT2D eigenvalue weighted by molar-refractivity contribution is -0.121. The molecule has 1 saturated carbocycles. The van der Waals surface area contributed by atoms with Gasteiger partial charge in [0.1, 0.15) is 5.76 Å². The highest BCUT2D eigenvalue weighted by molar-refractivity contribution is 7.99. The molecule has 0 bridgehead atoms. The predicted molar refractivity (Wildman–Crippen MR) is 77.0 cm³/mol. The summed E-state index contributed by atoms with van der Waals surface area (Å²) in [4.78, 5) is 12.1. The first-order chi connectivity index (χ1) is 9.15. The van der Waals surface area contributed by atoms with Crippen LogP contribution in [-0.2, 0) is 10.5 Å². The molecular formula is C14H22N2O2S. The molecule has 0 radical (unpaired) electrons. The maximum absolute atomic E-state index is 12.1. The monoisotopic (exact) mass is 282 g/mol. The van der Waals surface area contributed by atoms with Crippen molar-refractivity contribution in [2.45, 2.75) is 63.0 Å². The average Bonchev–Trinajstić information content (AvgIpc) is 2.83. The summed E-state index contributed by atoms with van der Waals surface area (Å²) in [5, 5.41) is 6.95. The molecule has 1 aliphatic carbocycles. The number of carbonyl (C=O) groups excluding carboxylic acids is 1. The fourth-order valence-electron chi connectivity index (χ4n) is 2.33. The van der Waals surface area contributed by atoms with Crippen molar-refractivity contribution in [1.82, 2.24) is 10.5 Å². The van der Waals surface area contributed by atoms with Crippen molar-refractivity contribution in [3.63, 3.8) is 0 Å². The SMILES string of the molecule is Cc1cc(CSC(C)C(=O)NC2CCCCC2)on1. The van der Waals surface area contributed by atoms with Crippen LogP contribution in [0.4, 0.5) is 0 Å². The lowest BCUT2D eigenvalue weighted by Crippen LogP contribution is -2.40. The number of nitrogens with one attached hydrogen (secondary N) is 1. The normalized spacial score (nSPS) is 18.2. The molecule has 2 rings (SSSR count). The molecule has 1 fully saturated rings. The fourth-order valence-corrected chi connectivity index (χ4v) is 3.10. The van der Waals surface area contributed by atoms with Crippen LogP contribution in [0.3, 0.4) is 0 Å². The van der Waals surface area contributed by atoms with Gasteiger partial charge in [-0.25, -0.2) is 0 Å². The fraction of sp³-hybridized carbons (Fsp3) is 0.714. The van der Waals surface area contributed by atoms with E-state index in [1.54, 1.807) is 11.8 Å². The van der Waals surface area contributed by atoms with Crippen LogP contribution in [0.2, 0.25) is 0 Å². The van der Waals surface area contributed by atoms with E-state index < -0.39 is 0 Å². The zero-order valence-corrected chi connectivity index (χ0v) is 12.5.